The Morgan fingerprint density at radius 3 is 1.31 bits per heavy atom. The Morgan fingerprint density at radius 2 is 1.12 bits per heavy atom. The van der Waals surface area contributed by atoms with Gasteiger partial charge in [0.2, 0.25) is 0 Å². The van der Waals surface area contributed by atoms with Crippen LogP contribution >= 0.6 is 0 Å². The number of hydrogen-bond donors (Lipinski definition) is 0. The van der Waals surface area contributed by atoms with Gasteiger partial charge in [0.25, 0.3) is 0 Å². The molecule has 0 saturated heterocycles. The van der Waals surface area contributed by atoms with Gasteiger partial charge in [-0.05, 0) is 12.1 Å². The molecule has 0 aliphatic heterocycles. The third-order valence-electron chi connectivity index (χ3n) is 1.50. The molecule has 0 aromatic heterocycles. The van der Waals surface area contributed by atoms with Crippen LogP contribution in [-0.4, -0.2) is 11.9 Å². The van der Waals surface area contributed by atoms with Gasteiger partial charge < -0.3 is 19.8 Å². The Balaban J connectivity index is 0. The first-order chi connectivity index (χ1) is 6.43. The van der Waals surface area contributed by atoms with E-state index in [-0.39, 0.29) is 49.9 Å². The quantitative estimate of drug-likeness (QED) is 0.458. The smallest absolute Gasteiger partial charge is 0.545 e. The van der Waals surface area contributed by atoms with Crippen molar-refractivity contribution < 1.29 is 66.3 Å². The minimum absolute atomic E-state index is 0. The summed E-state index contributed by atoms with van der Waals surface area (Å²) >= 11 is 0. The molecule has 0 unspecified atom stereocenters. The Hall–Kier alpha value is -0.785. The Morgan fingerprint density at radius 1 is 0.875 bits per heavy atom. The topological polar surface area (TPSA) is 80.3 Å². The summed E-state index contributed by atoms with van der Waals surface area (Å²) in [4.78, 5) is 20.6. The van der Waals surface area contributed by atoms with Gasteiger partial charge in [-0.15, -0.1) is 0 Å². The van der Waals surface area contributed by atoms with E-state index in [9.17, 15) is 28.6 Å². The molecule has 0 aliphatic rings. The zero-order valence-electron chi connectivity index (χ0n) is 8.54. The summed E-state index contributed by atoms with van der Waals surface area (Å²) in [5.74, 6) is -6.75. The zero-order chi connectivity index (χ0) is 10.9. The Kier molecular flexibility index (Phi) is 7.40. The maximum Gasteiger partial charge on any atom is 1.00 e. The van der Waals surface area contributed by atoms with Crippen LogP contribution < -0.4 is 47.9 Å². The molecule has 0 aliphatic carbocycles. The number of carboxylic acid groups (broad SMARTS) is 2. The van der Waals surface area contributed by atoms with Crippen molar-refractivity contribution in [3.63, 3.8) is 0 Å². The first kappa shape index (κ1) is 17.6. The number of halogens is 2. The molecule has 0 spiro atoms. The molecule has 1 aromatic rings. The van der Waals surface area contributed by atoms with Crippen molar-refractivity contribution in [1.82, 2.24) is 0 Å². The van der Waals surface area contributed by atoms with Gasteiger partial charge in [-0.1, -0.05) is 0 Å². The molecule has 8 heteroatoms. The van der Waals surface area contributed by atoms with Crippen LogP contribution in [0.3, 0.4) is 0 Å². The first-order valence-electron chi connectivity index (χ1n) is 3.35. The number of benzene rings is 1. The van der Waals surface area contributed by atoms with E-state index in [1.54, 1.807) is 0 Å². The summed E-state index contributed by atoms with van der Waals surface area (Å²) in [6, 6.07) is 0.464. The fourth-order valence-electron chi connectivity index (χ4n) is 0.885. The van der Waals surface area contributed by atoms with Gasteiger partial charge in [0, 0.05) is 11.1 Å². The van der Waals surface area contributed by atoms with Gasteiger partial charge in [0.05, 0.1) is 11.9 Å². The summed E-state index contributed by atoms with van der Waals surface area (Å²) in [7, 11) is 0. The average molecular weight is 214 g/mol. The molecule has 0 saturated carbocycles. The van der Waals surface area contributed by atoms with E-state index in [0.717, 1.165) is 0 Å². The number of aromatic carboxylic acids is 2. The van der Waals surface area contributed by atoms with Crippen molar-refractivity contribution >= 4 is 11.9 Å². The number of rotatable bonds is 2. The molecule has 0 atom stereocenters. The van der Waals surface area contributed by atoms with Crippen LogP contribution in [0.4, 0.5) is 8.78 Å². The second kappa shape index (κ2) is 6.72. The van der Waals surface area contributed by atoms with Crippen LogP contribution in [0.1, 0.15) is 20.7 Å². The van der Waals surface area contributed by atoms with Crippen LogP contribution in [0.25, 0.3) is 0 Å². The monoisotopic (exact) mass is 214 g/mol. The van der Waals surface area contributed by atoms with Crippen LogP contribution in [0.15, 0.2) is 12.1 Å². The van der Waals surface area contributed by atoms with E-state index >= 15 is 0 Å². The van der Waals surface area contributed by atoms with Crippen LogP contribution in [0, 0.1) is 11.6 Å². The van der Waals surface area contributed by atoms with Gasteiger partial charge in [-0.25, -0.2) is 8.78 Å². The first-order valence-corrected chi connectivity index (χ1v) is 3.35. The fourth-order valence-corrected chi connectivity index (χ4v) is 0.885. The number of carboxylic acids is 2. The molecule has 0 bridgehead atoms. The summed E-state index contributed by atoms with van der Waals surface area (Å²) in [5.41, 5.74) is -1.91. The third-order valence-corrected chi connectivity index (χ3v) is 1.50. The minimum Gasteiger partial charge on any atom is -0.545 e. The predicted molar refractivity (Wildman–Crippen MR) is 35.0 cm³/mol. The van der Waals surface area contributed by atoms with Gasteiger partial charge in [0.1, 0.15) is 0 Å². The number of carbonyl (C=O) groups is 2. The van der Waals surface area contributed by atoms with Crippen LogP contribution in [-0.2, 0) is 0 Å². The van der Waals surface area contributed by atoms with E-state index in [1.165, 1.54) is 0 Å². The van der Waals surface area contributed by atoms with Gasteiger partial charge in [0.15, 0.2) is 11.6 Å². The van der Waals surface area contributed by atoms with Crippen molar-refractivity contribution in [2.75, 3.05) is 0 Å². The Labute approximate surface area is 113 Å². The molecule has 0 heterocycles. The maximum atomic E-state index is 12.5. The van der Waals surface area contributed by atoms with E-state index in [4.69, 9.17) is 0 Å². The summed E-state index contributed by atoms with van der Waals surface area (Å²) in [6.07, 6.45) is 0. The number of hydrogen-bond acceptors (Lipinski definition) is 4. The van der Waals surface area contributed by atoms with E-state index in [1.807, 2.05) is 0 Å². The van der Waals surface area contributed by atoms with Crippen molar-refractivity contribution in [2.45, 2.75) is 0 Å². The Bertz CT molecular complexity index is 384. The van der Waals surface area contributed by atoms with Crippen LogP contribution in [0.5, 0.6) is 0 Å². The van der Waals surface area contributed by atoms with Gasteiger partial charge in [-0.3, -0.25) is 0 Å². The molecule has 1 rings (SSSR count). The SMILES string of the molecule is O=C([O-])c1cc(F)c(F)cc1C(=O)[O-].[Li+].[Li+]. The molecule has 16 heavy (non-hydrogen) atoms. The molecule has 0 amide bonds. The fraction of sp³-hybridized carbons (Fsp3) is 0. The molecule has 74 valence electrons. The van der Waals surface area contributed by atoms with E-state index < -0.39 is 34.7 Å². The minimum atomic E-state index is -1.91. The predicted octanol–water partition coefficient (Wildman–Crippen LogP) is -7.30. The van der Waals surface area contributed by atoms with Gasteiger partial charge in [-0.2, -0.15) is 0 Å². The number of carbonyl (C=O) groups excluding carboxylic acids is 2. The van der Waals surface area contributed by atoms with Gasteiger partial charge >= 0.3 is 37.7 Å². The second-order valence-electron chi connectivity index (χ2n) is 2.39. The summed E-state index contributed by atoms with van der Waals surface area (Å²) in [5, 5.41) is 20.6. The van der Waals surface area contributed by atoms with E-state index in [0.29, 0.717) is 0 Å². The summed E-state index contributed by atoms with van der Waals surface area (Å²) in [6.45, 7) is 0. The standard InChI is InChI=1S/C8H4F2O4.2Li/c9-5-1-3(7(11)12)4(8(13)14)2-6(5)10;;/h1-2H,(H,11,12)(H,13,14);;/q;2*+1/p-2. The van der Waals surface area contributed by atoms with Crippen molar-refractivity contribution in [1.29, 1.82) is 0 Å². The third kappa shape index (κ3) is 3.66. The second-order valence-corrected chi connectivity index (χ2v) is 2.39. The molecule has 0 fully saturated rings. The molecular weight excluding hydrogens is 212 g/mol. The van der Waals surface area contributed by atoms with Crippen LogP contribution in [0.2, 0.25) is 0 Å². The molecule has 1 aromatic carbocycles. The van der Waals surface area contributed by atoms with E-state index in [2.05, 4.69) is 0 Å². The van der Waals surface area contributed by atoms with Crippen molar-refractivity contribution in [2.24, 2.45) is 0 Å². The zero-order valence-corrected chi connectivity index (χ0v) is 8.54. The van der Waals surface area contributed by atoms with Crippen molar-refractivity contribution in [3.05, 3.63) is 34.9 Å². The molecule has 0 radical (unpaired) electrons. The largest absolute Gasteiger partial charge is 1.00 e. The molecule has 0 N–H and O–H groups in total. The normalized spacial score (nSPS) is 8.62. The maximum absolute atomic E-state index is 12.5. The average Bonchev–Trinajstić information content (AvgIpc) is 2.08. The summed E-state index contributed by atoms with van der Waals surface area (Å²) < 4.78 is 25.0. The van der Waals surface area contributed by atoms with Crippen molar-refractivity contribution in [3.8, 4) is 0 Å². The molecule has 4 nitrogen and oxygen atoms in total. The molecular formula is C8H2F2Li2O4.